The fraction of sp³-hybridized carbons (Fsp3) is 0.243. The van der Waals surface area contributed by atoms with Gasteiger partial charge in [0.2, 0.25) is 0 Å². The molecule has 5 nitrogen and oxygen atoms in total. The van der Waals surface area contributed by atoms with Gasteiger partial charge >= 0.3 is 0 Å². The number of anilines is 2. The minimum absolute atomic E-state index is 0.0360. The van der Waals surface area contributed by atoms with Crippen LogP contribution in [0, 0.1) is 5.92 Å². The number of aromatic nitrogens is 3. The third-order valence-electron chi connectivity index (χ3n) is 15.3. The first-order valence-corrected chi connectivity index (χ1v) is 26.7. The quantitative estimate of drug-likeness (QED) is 0.160. The monoisotopic (exact) mass is 983 g/mol. The lowest BCUT2D eigenvalue weighted by molar-refractivity contribution is 0.483. The summed E-state index contributed by atoms with van der Waals surface area (Å²) in [5.74, 6) is 2.12. The molecular formula is C70H68N4O. The number of benzene rings is 8. The van der Waals surface area contributed by atoms with Gasteiger partial charge in [-0.2, -0.15) is 0 Å². The molecule has 0 saturated carbocycles. The number of pyridine rings is 1. The smallest absolute Gasteiger partial charge is 0.137 e. The van der Waals surface area contributed by atoms with Crippen LogP contribution in [0.2, 0.25) is 0 Å². The van der Waals surface area contributed by atoms with Crippen molar-refractivity contribution in [2.24, 2.45) is 5.92 Å². The molecular weight excluding hydrogens is 913 g/mol. The van der Waals surface area contributed by atoms with Crippen LogP contribution in [0.5, 0.6) is 11.5 Å². The lowest BCUT2D eigenvalue weighted by atomic mass is 9.82. The summed E-state index contributed by atoms with van der Waals surface area (Å²) < 4.78 is 30.7. The third-order valence-corrected chi connectivity index (χ3v) is 15.3. The molecule has 0 amide bonds. The van der Waals surface area contributed by atoms with Crippen molar-refractivity contribution in [3.05, 3.63) is 204 Å². The number of nitrogens with zero attached hydrogens (tertiary/aromatic N) is 4. The molecule has 12 rings (SSSR count). The first kappa shape index (κ1) is 45.7. The second-order valence-electron chi connectivity index (χ2n) is 24.1. The van der Waals surface area contributed by atoms with E-state index in [1.807, 2.05) is 26.1 Å². The summed E-state index contributed by atoms with van der Waals surface area (Å²) in [6.07, 6.45) is 0.368. The van der Waals surface area contributed by atoms with Gasteiger partial charge in [-0.05, 0) is 132 Å². The maximum absolute atomic E-state index is 9.47. The van der Waals surface area contributed by atoms with Crippen LogP contribution in [0.4, 0.5) is 11.4 Å². The average Bonchev–Trinajstić information content (AvgIpc) is 4.20. The standard InChI is InChI=1S/C70H68N4O/c1-44(2)35-45-36-46(38-49(37-45)70(9,10)11)53-24-17-25-60-61-39-47(68(3,4)5)29-31-56(61)54-21-12-13-22-55(54)59-26-18-28-63-67(59)73(66(53)60)43-72(63)50-19-16-20-51(41-50)75-52-30-32-58-57-23-14-15-27-62(57)74(64(58)42-52)65-40-48(33-34-71-65)69(6,7)8/h12-34,36-42,44H,35,43H2,1-11H3/i35D2. The minimum Gasteiger partial charge on any atom is -0.457 e. The van der Waals surface area contributed by atoms with Crippen molar-refractivity contribution >= 4 is 76.5 Å². The van der Waals surface area contributed by atoms with E-state index in [0.717, 1.165) is 83.6 Å². The predicted molar refractivity (Wildman–Crippen MR) is 319 cm³/mol. The molecule has 0 fully saturated rings. The van der Waals surface area contributed by atoms with Gasteiger partial charge in [0, 0.05) is 53.9 Å². The first-order valence-electron chi connectivity index (χ1n) is 27.7. The van der Waals surface area contributed by atoms with E-state index in [9.17, 15) is 2.74 Å². The van der Waals surface area contributed by atoms with Gasteiger partial charge in [0.05, 0.1) is 27.8 Å². The van der Waals surface area contributed by atoms with E-state index >= 15 is 0 Å². The Kier molecular flexibility index (Phi) is 10.9. The molecule has 1 aliphatic heterocycles. The van der Waals surface area contributed by atoms with Gasteiger partial charge in [-0.3, -0.25) is 4.57 Å². The zero-order valence-electron chi connectivity index (χ0n) is 47.3. The Morgan fingerprint density at radius 3 is 1.87 bits per heavy atom. The molecule has 0 spiro atoms. The van der Waals surface area contributed by atoms with Crippen LogP contribution in [0.15, 0.2) is 182 Å². The zero-order valence-corrected chi connectivity index (χ0v) is 45.3. The summed E-state index contributed by atoms with van der Waals surface area (Å²) in [4.78, 5) is 7.35. The van der Waals surface area contributed by atoms with Gasteiger partial charge in [0.15, 0.2) is 0 Å². The summed E-state index contributed by atoms with van der Waals surface area (Å²) in [5, 5.41) is 9.28. The summed E-state index contributed by atoms with van der Waals surface area (Å²) in [5.41, 5.74) is 12.4. The van der Waals surface area contributed by atoms with Gasteiger partial charge in [-0.15, -0.1) is 0 Å². The van der Waals surface area contributed by atoms with Gasteiger partial charge < -0.3 is 14.2 Å². The fourth-order valence-electron chi connectivity index (χ4n) is 11.4. The minimum atomic E-state index is -1.55. The van der Waals surface area contributed by atoms with Crippen LogP contribution in [-0.4, -0.2) is 14.1 Å². The number of hydrogen-bond acceptors (Lipinski definition) is 3. The molecule has 11 aromatic rings. The molecule has 3 aromatic heterocycles. The number of hydrogen-bond donors (Lipinski definition) is 0. The summed E-state index contributed by atoms with van der Waals surface area (Å²) in [6, 6.07) is 63.7. The Labute approximate surface area is 445 Å². The molecule has 4 heterocycles. The Balaban J connectivity index is 1.08. The van der Waals surface area contributed by atoms with Crippen molar-refractivity contribution in [1.82, 2.24) is 14.1 Å². The first-order chi connectivity index (χ1) is 36.6. The number of fused-ring (bicyclic) bond motifs is 10. The normalized spacial score (nSPS) is 13.7. The molecule has 0 unspecified atom stereocenters. The molecule has 0 saturated heterocycles. The largest absolute Gasteiger partial charge is 0.457 e. The predicted octanol–water partition coefficient (Wildman–Crippen LogP) is 19.4. The molecule has 75 heavy (non-hydrogen) atoms. The van der Waals surface area contributed by atoms with E-state index in [4.69, 9.17) is 9.72 Å². The topological polar surface area (TPSA) is 35.2 Å². The molecule has 0 N–H and O–H groups in total. The van der Waals surface area contributed by atoms with Crippen molar-refractivity contribution in [3.63, 3.8) is 0 Å². The maximum atomic E-state index is 9.47. The van der Waals surface area contributed by atoms with Crippen molar-refractivity contribution in [2.45, 2.75) is 105 Å². The molecule has 0 radical (unpaired) electrons. The van der Waals surface area contributed by atoms with Gasteiger partial charge in [0.1, 0.15) is 24.0 Å². The molecule has 8 aromatic carbocycles. The van der Waals surface area contributed by atoms with E-state index in [0.29, 0.717) is 12.2 Å². The average molecular weight is 983 g/mol. The van der Waals surface area contributed by atoms with Crippen LogP contribution in [0.3, 0.4) is 0 Å². The van der Waals surface area contributed by atoms with Crippen molar-refractivity contribution in [1.29, 1.82) is 0 Å². The van der Waals surface area contributed by atoms with Crippen LogP contribution >= 0.6 is 0 Å². The Bertz CT molecular complexity index is 4250. The second kappa shape index (κ2) is 17.9. The Morgan fingerprint density at radius 1 is 0.507 bits per heavy atom. The van der Waals surface area contributed by atoms with E-state index in [1.165, 1.54) is 38.1 Å². The summed E-state index contributed by atoms with van der Waals surface area (Å²) >= 11 is 0. The Hall–Kier alpha value is -7.89. The van der Waals surface area contributed by atoms with Crippen LogP contribution in [0.25, 0.3) is 82.1 Å². The van der Waals surface area contributed by atoms with Crippen molar-refractivity contribution < 1.29 is 7.48 Å². The maximum Gasteiger partial charge on any atom is 0.137 e. The third kappa shape index (κ3) is 8.57. The van der Waals surface area contributed by atoms with E-state index < -0.39 is 6.37 Å². The number of ether oxygens (including phenoxy) is 1. The number of para-hydroxylation sites is 3. The van der Waals surface area contributed by atoms with Crippen LogP contribution < -0.4 is 9.64 Å². The van der Waals surface area contributed by atoms with Crippen LogP contribution in [0.1, 0.15) is 101 Å². The van der Waals surface area contributed by atoms with Gasteiger partial charge in [0.25, 0.3) is 0 Å². The lowest BCUT2D eigenvalue weighted by Gasteiger charge is -2.23. The molecule has 0 bridgehead atoms. The van der Waals surface area contributed by atoms with Gasteiger partial charge in [-0.1, -0.05) is 185 Å². The molecule has 0 aliphatic carbocycles. The zero-order chi connectivity index (χ0) is 53.9. The van der Waals surface area contributed by atoms with E-state index in [-0.39, 0.29) is 22.2 Å². The van der Waals surface area contributed by atoms with Crippen molar-refractivity contribution in [3.8, 4) is 28.4 Å². The molecule has 1 aliphatic rings. The summed E-state index contributed by atoms with van der Waals surface area (Å²) in [7, 11) is 0. The summed E-state index contributed by atoms with van der Waals surface area (Å²) in [6.45, 7) is 24.7. The van der Waals surface area contributed by atoms with E-state index in [1.54, 1.807) is 0 Å². The molecule has 374 valence electrons. The van der Waals surface area contributed by atoms with Crippen LogP contribution in [-0.2, 0) is 29.3 Å². The van der Waals surface area contributed by atoms with Gasteiger partial charge in [-0.25, -0.2) is 4.98 Å². The highest BCUT2D eigenvalue weighted by Gasteiger charge is 2.27. The lowest BCUT2D eigenvalue weighted by Crippen LogP contribution is -2.15. The highest BCUT2D eigenvalue weighted by molar-refractivity contribution is 6.22. The number of rotatable bonds is 7. The highest BCUT2D eigenvalue weighted by atomic mass is 16.5. The molecule has 0 atom stereocenters. The van der Waals surface area contributed by atoms with E-state index in [2.05, 4.69) is 246 Å². The SMILES string of the molecule is [2H]C([2H])(c1cc(-c2cccc3c4cc(C(C)(C)C)ccc4c4ccccc4c4cccc5c4n(c23)CN5c2cccc(Oc3ccc4c5ccccc5n(-c5cc(C(C)(C)C)ccn5)c4c3)c2)cc(C(C)(C)C)c1)C(C)C. The second-order valence-corrected chi connectivity index (χ2v) is 24.1. The molecule has 5 heteroatoms. The van der Waals surface area contributed by atoms with Crippen molar-refractivity contribution in [2.75, 3.05) is 4.90 Å². The highest BCUT2D eigenvalue weighted by Crippen LogP contribution is 2.46. The fourth-order valence-corrected chi connectivity index (χ4v) is 11.4. The Morgan fingerprint density at radius 2 is 1.12 bits per heavy atom.